The first kappa shape index (κ1) is 13.5. The van der Waals surface area contributed by atoms with Gasteiger partial charge in [-0.05, 0) is 37.8 Å². The molecule has 1 aliphatic rings. The Bertz CT molecular complexity index is 710. The van der Waals surface area contributed by atoms with Gasteiger partial charge in [0.05, 0.1) is 18.3 Å². The molecule has 2 heterocycles. The Morgan fingerprint density at radius 3 is 2.95 bits per heavy atom. The van der Waals surface area contributed by atoms with Gasteiger partial charge >= 0.3 is 0 Å². The Kier molecular flexibility index (Phi) is 3.81. The topological polar surface area (TPSA) is 64.1 Å². The Morgan fingerprint density at radius 1 is 1.29 bits per heavy atom. The van der Waals surface area contributed by atoms with Gasteiger partial charge in [-0.25, -0.2) is 4.98 Å². The lowest BCUT2D eigenvalue weighted by molar-refractivity contribution is -0.113. The number of rotatable bonds is 3. The van der Waals surface area contributed by atoms with E-state index in [0.717, 1.165) is 36.8 Å². The molecule has 0 spiro atoms. The number of allylic oxidation sites excluding steroid dienone is 1. The summed E-state index contributed by atoms with van der Waals surface area (Å²) >= 11 is 0. The molecule has 3 rings (SSSR count). The van der Waals surface area contributed by atoms with E-state index in [9.17, 15) is 4.79 Å². The second-order valence-corrected chi connectivity index (χ2v) is 5.01. The maximum absolute atomic E-state index is 12.3. The SMILES string of the molecule is COc1ccc2nccc(NC(=O)C3=CCCCC3)c2n1. The monoisotopic (exact) mass is 283 g/mol. The molecular weight excluding hydrogens is 266 g/mol. The highest BCUT2D eigenvalue weighted by Crippen LogP contribution is 2.24. The second kappa shape index (κ2) is 5.91. The molecule has 1 aliphatic carbocycles. The van der Waals surface area contributed by atoms with E-state index in [2.05, 4.69) is 15.3 Å². The van der Waals surface area contributed by atoms with Crippen molar-refractivity contribution < 1.29 is 9.53 Å². The van der Waals surface area contributed by atoms with Gasteiger partial charge in [-0.3, -0.25) is 9.78 Å². The van der Waals surface area contributed by atoms with Crippen molar-refractivity contribution in [2.24, 2.45) is 0 Å². The third kappa shape index (κ3) is 2.86. The molecule has 0 saturated carbocycles. The molecule has 2 aromatic heterocycles. The van der Waals surface area contributed by atoms with Crippen LogP contribution in [0.2, 0.25) is 0 Å². The molecule has 108 valence electrons. The number of ether oxygens (including phenoxy) is 1. The number of amides is 1. The molecule has 0 atom stereocenters. The summed E-state index contributed by atoms with van der Waals surface area (Å²) in [5.41, 5.74) is 2.89. The van der Waals surface area contributed by atoms with Crippen LogP contribution in [-0.4, -0.2) is 23.0 Å². The molecule has 0 aliphatic heterocycles. The summed E-state index contributed by atoms with van der Waals surface area (Å²) < 4.78 is 5.14. The van der Waals surface area contributed by atoms with Crippen molar-refractivity contribution in [1.82, 2.24) is 9.97 Å². The summed E-state index contributed by atoms with van der Waals surface area (Å²) in [6.07, 6.45) is 7.74. The van der Waals surface area contributed by atoms with Gasteiger partial charge in [0, 0.05) is 17.8 Å². The number of anilines is 1. The van der Waals surface area contributed by atoms with E-state index >= 15 is 0 Å². The first-order valence-electron chi connectivity index (χ1n) is 7.08. The van der Waals surface area contributed by atoms with Crippen LogP contribution in [0.25, 0.3) is 11.0 Å². The Morgan fingerprint density at radius 2 is 2.19 bits per heavy atom. The zero-order valence-corrected chi connectivity index (χ0v) is 11.9. The number of hydrogen-bond acceptors (Lipinski definition) is 4. The van der Waals surface area contributed by atoms with E-state index in [4.69, 9.17) is 4.74 Å². The minimum atomic E-state index is -0.0492. The number of aromatic nitrogens is 2. The number of fused-ring (bicyclic) bond motifs is 1. The van der Waals surface area contributed by atoms with Crippen molar-refractivity contribution in [2.45, 2.75) is 25.7 Å². The van der Waals surface area contributed by atoms with Crippen LogP contribution in [0, 0.1) is 0 Å². The molecule has 21 heavy (non-hydrogen) atoms. The lowest BCUT2D eigenvalue weighted by atomic mass is 9.99. The van der Waals surface area contributed by atoms with Crippen LogP contribution in [0.5, 0.6) is 5.88 Å². The van der Waals surface area contributed by atoms with Crippen LogP contribution in [0.4, 0.5) is 5.69 Å². The maximum Gasteiger partial charge on any atom is 0.251 e. The van der Waals surface area contributed by atoms with Crippen molar-refractivity contribution in [3.05, 3.63) is 36.0 Å². The molecule has 0 aromatic carbocycles. The number of pyridine rings is 2. The van der Waals surface area contributed by atoms with E-state index in [1.165, 1.54) is 0 Å². The highest BCUT2D eigenvalue weighted by atomic mass is 16.5. The lowest BCUT2D eigenvalue weighted by Crippen LogP contribution is -2.16. The van der Waals surface area contributed by atoms with Crippen molar-refractivity contribution >= 4 is 22.6 Å². The second-order valence-electron chi connectivity index (χ2n) is 5.01. The van der Waals surface area contributed by atoms with Gasteiger partial charge in [0.2, 0.25) is 5.88 Å². The van der Waals surface area contributed by atoms with E-state index < -0.39 is 0 Å². The summed E-state index contributed by atoms with van der Waals surface area (Å²) in [7, 11) is 1.57. The van der Waals surface area contributed by atoms with Crippen LogP contribution < -0.4 is 10.1 Å². The maximum atomic E-state index is 12.3. The van der Waals surface area contributed by atoms with Crippen LogP contribution in [0.3, 0.4) is 0 Å². The summed E-state index contributed by atoms with van der Waals surface area (Å²) in [4.78, 5) is 20.9. The highest BCUT2D eigenvalue weighted by molar-refractivity contribution is 6.07. The fourth-order valence-electron chi connectivity index (χ4n) is 2.47. The van der Waals surface area contributed by atoms with Crippen LogP contribution in [0.15, 0.2) is 36.0 Å². The summed E-state index contributed by atoms with van der Waals surface area (Å²) in [5.74, 6) is 0.453. The number of methoxy groups -OCH3 is 1. The molecule has 5 nitrogen and oxygen atoms in total. The molecule has 0 unspecified atom stereocenters. The van der Waals surface area contributed by atoms with Crippen molar-refractivity contribution in [2.75, 3.05) is 12.4 Å². The summed E-state index contributed by atoms with van der Waals surface area (Å²) in [5, 5.41) is 2.94. The predicted molar refractivity (Wildman–Crippen MR) is 81.3 cm³/mol. The number of nitrogens with zero attached hydrogens (tertiary/aromatic N) is 2. The van der Waals surface area contributed by atoms with Gasteiger partial charge < -0.3 is 10.1 Å². The molecule has 0 radical (unpaired) electrons. The lowest BCUT2D eigenvalue weighted by Gasteiger charge is -2.13. The predicted octanol–water partition coefficient (Wildman–Crippen LogP) is 3.08. The minimum Gasteiger partial charge on any atom is -0.481 e. The fourth-order valence-corrected chi connectivity index (χ4v) is 2.47. The van der Waals surface area contributed by atoms with E-state index in [1.807, 2.05) is 12.1 Å². The summed E-state index contributed by atoms with van der Waals surface area (Å²) in [6, 6.07) is 5.34. The molecule has 2 aromatic rings. The van der Waals surface area contributed by atoms with Crippen LogP contribution >= 0.6 is 0 Å². The third-order valence-electron chi connectivity index (χ3n) is 3.60. The fraction of sp³-hybridized carbons (Fsp3) is 0.312. The van der Waals surface area contributed by atoms with Gasteiger partial charge in [-0.15, -0.1) is 0 Å². The third-order valence-corrected chi connectivity index (χ3v) is 3.60. The van der Waals surface area contributed by atoms with E-state index in [-0.39, 0.29) is 5.91 Å². The normalized spacial score (nSPS) is 14.6. The summed E-state index contributed by atoms with van der Waals surface area (Å²) in [6.45, 7) is 0. The number of hydrogen-bond donors (Lipinski definition) is 1. The smallest absolute Gasteiger partial charge is 0.251 e. The van der Waals surface area contributed by atoms with Gasteiger partial charge in [0.25, 0.3) is 5.91 Å². The Hall–Kier alpha value is -2.43. The standard InChI is InChI=1S/C16H17N3O2/c1-21-14-8-7-12-15(19-14)13(9-10-17-12)18-16(20)11-5-3-2-4-6-11/h5,7-10H,2-4,6H2,1H3,(H,17,18,20). The van der Waals surface area contributed by atoms with Gasteiger partial charge in [0.15, 0.2) is 0 Å². The molecule has 0 saturated heterocycles. The number of carbonyl (C=O) groups excluding carboxylic acids is 1. The van der Waals surface area contributed by atoms with Gasteiger partial charge in [-0.1, -0.05) is 6.08 Å². The molecule has 5 heteroatoms. The minimum absolute atomic E-state index is 0.0492. The average molecular weight is 283 g/mol. The van der Waals surface area contributed by atoms with Gasteiger partial charge in [-0.2, -0.15) is 0 Å². The average Bonchev–Trinajstić information content (AvgIpc) is 2.55. The molecule has 0 fully saturated rings. The van der Waals surface area contributed by atoms with E-state index in [0.29, 0.717) is 17.1 Å². The van der Waals surface area contributed by atoms with Crippen LogP contribution in [0.1, 0.15) is 25.7 Å². The van der Waals surface area contributed by atoms with E-state index in [1.54, 1.807) is 25.4 Å². The first-order chi connectivity index (χ1) is 10.3. The molecular formula is C16H17N3O2. The van der Waals surface area contributed by atoms with Gasteiger partial charge in [0.1, 0.15) is 5.52 Å². The first-order valence-corrected chi connectivity index (χ1v) is 7.08. The Balaban J connectivity index is 1.92. The van der Waals surface area contributed by atoms with Crippen molar-refractivity contribution in [1.29, 1.82) is 0 Å². The van der Waals surface area contributed by atoms with Crippen LogP contribution in [-0.2, 0) is 4.79 Å². The number of carbonyl (C=O) groups is 1. The Labute approximate surface area is 123 Å². The molecule has 1 amide bonds. The molecule has 1 N–H and O–H groups in total. The largest absolute Gasteiger partial charge is 0.481 e. The highest BCUT2D eigenvalue weighted by Gasteiger charge is 2.14. The zero-order chi connectivity index (χ0) is 14.7. The zero-order valence-electron chi connectivity index (χ0n) is 11.9. The quantitative estimate of drug-likeness (QED) is 0.940. The van der Waals surface area contributed by atoms with Crippen molar-refractivity contribution in [3.63, 3.8) is 0 Å². The number of nitrogens with one attached hydrogen (secondary N) is 1. The van der Waals surface area contributed by atoms with Crippen molar-refractivity contribution in [3.8, 4) is 5.88 Å². The molecule has 0 bridgehead atoms.